The lowest BCUT2D eigenvalue weighted by Crippen LogP contribution is -2.28. The van der Waals surface area contributed by atoms with E-state index >= 15 is 0 Å². The minimum Gasteiger partial charge on any atom is -0.365 e. The summed E-state index contributed by atoms with van der Waals surface area (Å²) in [4.78, 5) is 16.7. The van der Waals surface area contributed by atoms with Gasteiger partial charge in [-0.25, -0.2) is 4.98 Å². The topological polar surface area (TPSA) is 83.1 Å². The minimum absolute atomic E-state index is 0.00559. The molecule has 0 aliphatic heterocycles. The average Bonchev–Trinajstić information content (AvgIpc) is 2.84. The third-order valence-corrected chi connectivity index (χ3v) is 3.86. The van der Waals surface area contributed by atoms with Crippen LogP contribution in [0.25, 0.3) is 10.2 Å². The predicted molar refractivity (Wildman–Crippen MR) is 74.4 cm³/mol. The van der Waals surface area contributed by atoms with E-state index in [1.807, 2.05) is 13.0 Å². The number of nitrogens with zero attached hydrogens (tertiary/aromatic N) is 4. The summed E-state index contributed by atoms with van der Waals surface area (Å²) < 4.78 is 0.789. The van der Waals surface area contributed by atoms with Crippen molar-refractivity contribution >= 4 is 32.9 Å². The maximum atomic E-state index is 11.3. The zero-order valence-electron chi connectivity index (χ0n) is 10.5. The SMILES string of the molecule is CC(CC#N)N(C)c1ccc2scnc2c1[N+](=O)[O-]. The molecule has 0 saturated heterocycles. The summed E-state index contributed by atoms with van der Waals surface area (Å²) in [6, 6.07) is 5.52. The molecule has 2 rings (SSSR count). The summed E-state index contributed by atoms with van der Waals surface area (Å²) in [5.74, 6) is 0. The number of anilines is 1. The molecule has 0 aliphatic rings. The molecule has 0 saturated carbocycles. The van der Waals surface area contributed by atoms with Crippen LogP contribution in [0.5, 0.6) is 0 Å². The summed E-state index contributed by atoms with van der Waals surface area (Å²) in [5, 5.41) is 20.0. The van der Waals surface area contributed by atoms with E-state index in [0.29, 0.717) is 17.6 Å². The molecule has 1 unspecified atom stereocenters. The van der Waals surface area contributed by atoms with Gasteiger partial charge >= 0.3 is 5.69 Å². The summed E-state index contributed by atoms with van der Waals surface area (Å²) in [7, 11) is 1.75. The Hall–Kier alpha value is -2.20. The highest BCUT2D eigenvalue weighted by atomic mass is 32.1. The van der Waals surface area contributed by atoms with Crippen molar-refractivity contribution in [1.29, 1.82) is 5.26 Å². The van der Waals surface area contributed by atoms with Crippen molar-refractivity contribution in [2.45, 2.75) is 19.4 Å². The second-order valence-corrected chi connectivity index (χ2v) is 5.10. The van der Waals surface area contributed by atoms with E-state index in [1.165, 1.54) is 11.3 Å². The molecule has 0 bridgehead atoms. The lowest BCUT2D eigenvalue weighted by atomic mass is 10.1. The fourth-order valence-electron chi connectivity index (χ4n) is 1.88. The van der Waals surface area contributed by atoms with E-state index in [2.05, 4.69) is 11.1 Å². The first-order valence-electron chi connectivity index (χ1n) is 5.66. The van der Waals surface area contributed by atoms with Gasteiger partial charge in [-0.2, -0.15) is 5.26 Å². The Balaban J connectivity index is 2.56. The van der Waals surface area contributed by atoms with Crippen LogP contribution in [0.1, 0.15) is 13.3 Å². The molecule has 1 atom stereocenters. The van der Waals surface area contributed by atoms with Crippen LogP contribution >= 0.6 is 11.3 Å². The number of thiazole rings is 1. The van der Waals surface area contributed by atoms with E-state index in [9.17, 15) is 10.1 Å². The Bertz CT molecular complexity index is 661. The quantitative estimate of drug-likeness (QED) is 0.633. The zero-order valence-corrected chi connectivity index (χ0v) is 11.3. The number of benzene rings is 1. The molecule has 0 fully saturated rings. The van der Waals surface area contributed by atoms with Crippen molar-refractivity contribution in [2.75, 3.05) is 11.9 Å². The van der Waals surface area contributed by atoms with Crippen LogP contribution in [0.15, 0.2) is 17.6 Å². The number of fused-ring (bicyclic) bond motifs is 1. The molecule has 2 aromatic rings. The molecular formula is C12H12N4O2S. The van der Waals surface area contributed by atoms with Crippen LogP contribution in [0.4, 0.5) is 11.4 Å². The maximum Gasteiger partial charge on any atom is 0.319 e. The van der Waals surface area contributed by atoms with Crippen LogP contribution in [0, 0.1) is 21.4 Å². The maximum absolute atomic E-state index is 11.3. The second-order valence-electron chi connectivity index (χ2n) is 4.21. The molecule has 0 aliphatic carbocycles. The van der Waals surface area contributed by atoms with Gasteiger partial charge in [-0.15, -0.1) is 11.3 Å². The Kier molecular flexibility index (Phi) is 3.62. The normalized spacial score (nSPS) is 12.1. The summed E-state index contributed by atoms with van der Waals surface area (Å²) >= 11 is 1.37. The molecule has 0 spiro atoms. The molecule has 1 heterocycles. The van der Waals surface area contributed by atoms with Gasteiger partial charge < -0.3 is 4.90 Å². The number of hydrogen-bond donors (Lipinski definition) is 0. The fraction of sp³-hybridized carbons (Fsp3) is 0.333. The van der Waals surface area contributed by atoms with Gasteiger partial charge in [0, 0.05) is 13.1 Å². The van der Waals surface area contributed by atoms with Crippen LogP contribution < -0.4 is 4.90 Å². The van der Waals surface area contributed by atoms with E-state index in [0.717, 1.165) is 4.70 Å². The van der Waals surface area contributed by atoms with Crippen molar-refractivity contribution in [3.05, 3.63) is 27.8 Å². The summed E-state index contributed by atoms with van der Waals surface area (Å²) in [6.45, 7) is 1.86. The zero-order chi connectivity index (χ0) is 14.0. The Morgan fingerprint density at radius 2 is 2.37 bits per heavy atom. The van der Waals surface area contributed by atoms with E-state index in [4.69, 9.17) is 5.26 Å². The molecule has 19 heavy (non-hydrogen) atoms. The largest absolute Gasteiger partial charge is 0.365 e. The number of rotatable bonds is 4. The summed E-state index contributed by atoms with van der Waals surface area (Å²) in [6.07, 6.45) is 0.308. The molecule has 1 aromatic heterocycles. The first-order valence-corrected chi connectivity index (χ1v) is 6.54. The third-order valence-electron chi connectivity index (χ3n) is 3.06. The Morgan fingerprint density at radius 3 is 3.00 bits per heavy atom. The standard InChI is InChI=1S/C12H12N4O2S/c1-8(5-6-13)15(2)9-3-4-10-11(14-7-19-10)12(9)16(17)18/h3-4,7-8H,5H2,1-2H3. The number of nitro benzene ring substituents is 1. The van der Waals surface area contributed by atoms with Crippen LogP contribution in [0.3, 0.4) is 0 Å². The monoisotopic (exact) mass is 276 g/mol. The first kappa shape index (κ1) is 13.2. The molecule has 6 nitrogen and oxygen atoms in total. The van der Waals surface area contributed by atoms with Gasteiger partial charge in [-0.05, 0) is 19.1 Å². The number of aromatic nitrogens is 1. The first-order chi connectivity index (χ1) is 9.06. The van der Waals surface area contributed by atoms with Gasteiger partial charge in [-0.3, -0.25) is 10.1 Å². The highest BCUT2D eigenvalue weighted by Gasteiger charge is 2.25. The average molecular weight is 276 g/mol. The lowest BCUT2D eigenvalue weighted by molar-refractivity contribution is -0.382. The van der Waals surface area contributed by atoms with Crippen molar-refractivity contribution in [3.8, 4) is 6.07 Å². The van der Waals surface area contributed by atoms with Crippen molar-refractivity contribution in [3.63, 3.8) is 0 Å². The molecule has 0 amide bonds. The smallest absolute Gasteiger partial charge is 0.319 e. The Labute approximate surface area is 114 Å². The third kappa shape index (κ3) is 2.35. The highest BCUT2D eigenvalue weighted by molar-refractivity contribution is 7.16. The van der Waals surface area contributed by atoms with Crippen molar-refractivity contribution in [1.82, 2.24) is 4.98 Å². The number of nitro groups is 1. The molecular weight excluding hydrogens is 264 g/mol. The summed E-state index contributed by atoms with van der Waals surface area (Å²) in [5.41, 5.74) is 2.50. The number of hydrogen-bond acceptors (Lipinski definition) is 6. The van der Waals surface area contributed by atoms with Crippen LogP contribution in [-0.4, -0.2) is 23.0 Å². The predicted octanol–water partition coefficient (Wildman–Crippen LogP) is 2.94. The second kappa shape index (κ2) is 5.20. The highest BCUT2D eigenvalue weighted by Crippen LogP contribution is 2.36. The van der Waals surface area contributed by atoms with Crippen LogP contribution in [-0.2, 0) is 0 Å². The van der Waals surface area contributed by atoms with Gasteiger partial charge in [0.05, 0.1) is 27.6 Å². The Morgan fingerprint density at radius 1 is 1.63 bits per heavy atom. The van der Waals surface area contributed by atoms with Gasteiger partial charge in [0.2, 0.25) is 0 Å². The molecule has 1 aromatic carbocycles. The van der Waals surface area contributed by atoms with E-state index in [1.54, 1.807) is 23.5 Å². The molecule has 0 radical (unpaired) electrons. The molecule has 98 valence electrons. The molecule has 7 heteroatoms. The van der Waals surface area contributed by atoms with Gasteiger partial charge in [0.15, 0.2) is 5.52 Å². The molecule has 0 N–H and O–H groups in total. The van der Waals surface area contributed by atoms with Gasteiger partial charge in [0.25, 0.3) is 0 Å². The minimum atomic E-state index is -0.410. The van der Waals surface area contributed by atoms with Crippen LogP contribution in [0.2, 0.25) is 0 Å². The fourth-order valence-corrected chi connectivity index (χ4v) is 2.56. The lowest BCUT2D eigenvalue weighted by Gasteiger charge is -2.24. The van der Waals surface area contributed by atoms with E-state index < -0.39 is 4.92 Å². The number of nitriles is 1. The van der Waals surface area contributed by atoms with Gasteiger partial charge in [0.1, 0.15) is 5.69 Å². The van der Waals surface area contributed by atoms with Crippen molar-refractivity contribution in [2.24, 2.45) is 0 Å². The van der Waals surface area contributed by atoms with Crippen molar-refractivity contribution < 1.29 is 4.92 Å². The van der Waals surface area contributed by atoms with Gasteiger partial charge in [-0.1, -0.05) is 0 Å². The van der Waals surface area contributed by atoms with E-state index in [-0.39, 0.29) is 11.7 Å².